The van der Waals surface area contributed by atoms with Crippen molar-refractivity contribution in [2.24, 2.45) is 0 Å². The fourth-order valence-corrected chi connectivity index (χ4v) is 1.41. The fourth-order valence-electron chi connectivity index (χ4n) is 0.939. The highest BCUT2D eigenvalue weighted by molar-refractivity contribution is 7.05. The topological polar surface area (TPSA) is 91.8 Å². The van der Waals surface area contributed by atoms with Crippen LogP contribution in [0.4, 0.5) is 0 Å². The van der Waals surface area contributed by atoms with E-state index >= 15 is 0 Å². The second-order valence-electron chi connectivity index (χ2n) is 2.59. The van der Waals surface area contributed by atoms with Gasteiger partial charge in [-0.25, -0.2) is 14.8 Å². The van der Waals surface area contributed by atoms with Gasteiger partial charge in [-0.2, -0.15) is 4.37 Å². The van der Waals surface area contributed by atoms with Gasteiger partial charge in [-0.1, -0.05) is 0 Å². The quantitative estimate of drug-likeness (QED) is 0.769. The molecule has 0 bridgehead atoms. The molecule has 2 N–H and O–H groups in total. The highest BCUT2D eigenvalue weighted by atomic mass is 32.1. The lowest BCUT2D eigenvalue weighted by atomic mass is 10.5. The van der Waals surface area contributed by atoms with Gasteiger partial charge in [-0.05, 0) is 18.5 Å². The van der Waals surface area contributed by atoms with Crippen LogP contribution in [0.25, 0.3) is 11.6 Å². The number of nitrogens with zero attached hydrogens (tertiary/aromatic N) is 3. The van der Waals surface area contributed by atoms with Crippen LogP contribution >= 0.6 is 11.5 Å². The van der Waals surface area contributed by atoms with E-state index in [1.165, 1.54) is 17.7 Å². The van der Waals surface area contributed by atoms with Crippen molar-refractivity contribution < 1.29 is 9.90 Å². The van der Waals surface area contributed by atoms with Crippen molar-refractivity contribution in [3.63, 3.8) is 0 Å². The van der Waals surface area contributed by atoms with Crippen LogP contribution in [0.15, 0.2) is 6.20 Å². The standard InChI is InChI=1S/C7H6N4O2S/c1-3-9-6(11-14-3)5-8-2-4(10-5)7(12)13/h2H,1H3,(H,8,10)(H,12,13). The van der Waals surface area contributed by atoms with E-state index < -0.39 is 5.97 Å². The molecule has 0 aliphatic carbocycles. The molecule has 0 spiro atoms. The van der Waals surface area contributed by atoms with Crippen LogP contribution in [-0.2, 0) is 0 Å². The summed E-state index contributed by atoms with van der Waals surface area (Å²) >= 11 is 1.25. The molecule has 0 saturated heterocycles. The Bertz CT molecular complexity index is 475. The molecule has 2 heterocycles. The summed E-state index contributed by atoms with van der Waals surface area (Å²) in [5.74, 6) is -0.234. The van der Waals surface area contributed by atoms with Gasteiger partial charge < -0.3 is 10.1 Å². The maximum absolute atomic E-state index is 10.5. The predicted molar refractivity (Wildman–Crippen MR) is 49.2 cm³/mol. The molecule has 0 fully saturated rings. The summed E-state index contributed by atoms with van der Waals surface area (Å²) in [7, 11) is 0. The van der Waals surface area contributed by atoms with Crippen molar-refractivity contribution in [3.05, 3.63) is 16.9 Å². The Morgan fingerprint density at radius 3 is 2.93 bits per heavy atom. The number of H-pyrrole nitrogens is 1. The summed E-state index contributed by atoms with van der Waals surface area (Å²) in [5, 5.41) is 9.45. The molecular formula is C7H6N4O2S. The number of aromatic nitrogens is 4. The molecule has 0 radical (unpaired) electrons. The highest BCUT2D eigenvalue weighted by Gasteiger charge is 2.11. The summed E-state index contributed by atoms with van der Waals surface area (Å²) in [6.07, 6.45) is 1.24. The van der Waals surface area contributed by atoms with E-state index in [2.05, 4.69) is 19.3 Å². The first kappa shape index (κ1) is 8.82. The van der Waals surface area contributed by atoms with E-state index in [9.17, 15) is 4.79 Å². The van der Waals surface area contributed by atoms with E-state index in [1.807, 2.05) is 6.92 Å². The number of nitrogens with one attached hydrogen (secondary N) is 1. The maximum Gasteiger partial charge on any atom is 0.353 e. The van der Waals surface area contributed by atoms with Gasteiger partial charge in [0.05, 0.1) is 6.20 Å². The van der Waals surface area contributed by atoms with Crippen molar-refractivity contribution in [1.29, 1.82) is 0 Å². The molecule has 0 aliphatic rings. The molecule has 2 rings (SSSR count). The molecule has 0 saturated carbocycles. The molecule has 72 valence electrons. The molecule has 2 aromatic heterocycles. The number of imidazole rings is 1. The molecule has 14 heavy (non-hydrogen) atoms. The zero-order valence-electron chi connectivity index (χ0n) is 7.18. The van der Waals surface area contributed by atoms with Gasteiger partial charge >= 0.3 is 5.97 Å². The van der Waals surface area contributed by atoms with Crippen molar-refractivity contribution in [2.45, 2.75) is 6.92 Å². The molecule has 0 amide bonds. The van der Waals surface area contributed by atoms with Crippen LogP contribution in [0, 0.1) is 6.92 Å². The number of carboxylic acids is 1. The smallest absolute Gasteiger partial charge is 0.353 e. The molecule has 0 aliphatic heterocycles. The van der Waals surface area contributed by atoms with E-state index in [4.69, 9.17) is 5.11 Å². The Labute approximate surface area is 82.8 Å². The zero-order chi connectivity index (χ0) is 10.1. The summed E-state index contributed by atoms with van der Waals surface area (Å²) in [5.41, 5.74) is 0.0347. The maximum atomic E-state index is 10.5. The van der Waals surface area contributed by atoms with E-state index in [-0.39, 0.29) is 5.69 Å². The van der Waals surface area contributed by atoms with E-state index in [0.717, 1.165) is 5.01 Å². The lowest BCUT2D eigenvalue weighted by Crippen LogP contribution is -1.95. The highest BCUT2D eigenvalue weighted by Crippen LogP contribution is 2.13. The predicted octanol–water partition coefficient (Wildman–Crippen LogP) is 0.935. The summed E-state index contributed by atoms with van der Waals surface area (Å²) < 4.78 is 4.00. The van der Waals surface area contributed by atoms with E-state index in [0.29, 0.717) is 11.6 Å². The third-order valence-corrected chi connectivity index (χ3v) is 2.17. The minimum absolute atomic E-state index is 0.0347. The summed E-state index contributed by atoms with van der Waals surface area (Å²) in [6.45, 7) is 1.82. The number of hydrogen-bond acceptors (Lipinski definition) is 5. The Hall–Kier alpha value is -1.76. The number of aromatic amines is 1. The Morgan fingerprint density at radius 2 is 2.43 bits per heavy atom. The molecule has 0 aromatic carbocycles. The lowest BCUT2D eigenvalue weighted by molar-refractivity contribution is 0.0691. The molecule has 0 atom stereocenters. The summed E-state index contributed by atoms with van der Waals surface area (Å²) in [4.78, 5) is 21.1. The van der Waals surface area contributed by atoms with Gasteiger partial charge in [-0.15, -0.1) is 0 Å². The monoisotopic (exact) mass is 210 g/mol. The Kier molecular flexibility index (Phi) is 2.01. The number of hydrogen-bond donors (Lipinski definition) is 2. The largest absolute Gasteiger partial charge is 0.477 e. The van der Waals surface area contributed by atoms with E-state index in [1.54, 1.807) is 0 Å². The van der Waals surface area contributed by atoms with Crippen molar-refractivity contribution in [3.8, 4) is 11.6 Å². The average molecular weight is 210 g/mol. The van der Waals surface area contributed by atoms with Crippen LogP contribution in [0.1, 0.15) is 15.5 Å². The normalized spacial score (nSPS) is 10.4. The van der Waals surface area contributed by atoms with Crippen LogP contribution < -0.4 is 0 Å². The first-order valence-corrected chi connectivity index (χ1v) is 4.53. The van der Waals surface area contributed by atoms with Crippen molar-refractivity contribution in [2.75, 3.05) is 0 Å². The van der Waals surface area contributed by atoms with Gasteiger partial charge in [0.25, 0.3) is 0 Å². The fraction of sp³-hybridized carbons (Fsp3) is 0.143. The molecule has 0 unspecified atom stereocenters. The molecule has 6 nitrogen and oxygen atoms in total. The Morgan fingerprint density at radius 1 is 1.64 bits per heavy atom. The average Bonchev–Trinajstić information content (AvgIpc) is 2.70. The minimum Gasteiger partial charge on any atom is -0.477 e. The van der Waals surface area contributed by atoms with Gasteiger partial charge in [0.1, 0.15) is 10.7 Å². The third kappa shape index (κ3) is 1.49. The van der Waals surface area contributed by atoms with Crippen LogP contribution in [0.2, 0.25) is 0 Å². The van der Waals surface area contributed by atoms with Gasteiger partial charge in [0, 0.05) is 0 Å². The van der Waals surface area contributed by atoms with Crippen molar-refractivity contribution >= 4 is 17.5 Å². The van der Waals surface area contributed by atoms with Gasteiger partial charge in [-0.3, -0.25) is 0 Å². The number of rotatable bonds is 2. The van der Waals surface area contributed by atoms with Crippen LogP contribution in [-0.4, -0.2) is 30.4 Å². The second-order valence-corrected chi connectivity index (χ2v) is 3.54. The van der Waals surface area contributed by atoms with Crippen LogP contribution in [0.5, 0.6) is 0 Å². The number of carbonyl (C=O) groups is 1. The van der Waals surface area contributed by atoms with Crippen molar-refractivity contribution in [1.82, 2.24) is 19.3 Å². The second kappa shape index (κ2) is 3.18. The molecule has 7 heteroatoms. The number of aryl methyl sites for hydroxylation is 1. The first-order chi connectivity index (χ1) is 6.66. The molecular weight excluding hydrogens is 204 g/mol. The van der Waals surface area contributed by atoms with Crippen LogP contribution in [0.3, 0.4) is 0 Å². The molecule has 2 aromatic rings. The Balaban J connectivity index is 2.38. The first-order valence-electron chi connectivity index (χ1n) is 3.76. The zero-order valence-corrected chi connectivity index (χ0v) is 8.00. The summed E-state index contributed by atoms with van der Waals surface area (Å²) in [6, 6.07) is 0. The van der Waals surface area contributed by atoms with Gasteiger partial charge in [0.2, 0.25) is 5.82 Å². The lowest BCUT2D eigenvalue weighted by Gasteiger charge is -1.86. The minimum atomic E-state index is -1.05. The number of carboxylic acid groups (broad SMARTS) is 1. The third-order valence-electron chi connectivity index (χ3n) is 1.55. The number of aromatic carboxylic acids is 1. The van der Waals surface area contributed by atoms with Gasteiger partial charge in [0.15, 0.2) is 5.82 Å². The SMILES string of the molecule is Cc1nc(-c2ncc(C(=O)O)[nH]2)ns1.